The summed E-state index contributed by atoms with van der Waals surface area (Å²) in [6.45, 7) is 0. The second-order valence-corrected chi connectivity index (χ2v) is 12.5. The van der Waals surface area contributed by atoms with Crippen molar-refractivity contribution in [2.75, 3.05) is 0 Å². The summed E-state index contributed by atoms with van der Waals surface area (Å²) in [5, 5.41) is 12.0. The number of rotatable bonds is 8. The summed E-state index contributed by atoms with van der Waals surface area (Å²) in [6, 6.07) is 16.3. The summed E-state index contributed by atoms with van der Waals surface area (Å²) >= 11 is 0. The molecule has 0 radical (unpaired) electrons. The Morgan fingerprint density at radius 1 is 0.857 bits per heavy atom. The maximum atomic E-state index is 13.8. The van der Waals surface area contributed by atoms with Crippen LogP contribution in [0.15, 0.2) is 54.6 Å². The summed E-state index contributed by atoms with van der Waals surface area (Å²) in [6.07, 6.45) is 6.79. The number of benzene rings is 2. The van der Waals surface area contributed by atoms with E-state index in [1.807, 2.05) is 54.6 Å². The van der Waals surface area contributed by atoms with Crippen LogP contribution in [0.1, 0.15) is 69.8 Å². The molecule has 188 valence electrons. The zero-order valence-corrected chi connectivity index (χ0v) is 20.9. The van der Waals surface area contributed by atoms with Gasteiger partial charge in [-0.1, -0.05) is 93.1 Å². The molecule has 6 nitrogen and oxygen atoms in total. The lowest BCUT2D eigenvalue weighted by Gasteiger charge is -2.39. The summed E-state index contributed by atoms with van der Waals surface area (Å²) < 4.78 is 26.0. The molecule has 0 unspecified atom stereocenters. The molecule has 0 aliphatic heterocycles. The van der Waals surface area contributed by atoms with E-state index in [0.717, 1.165) is 42.4 Å². The molecule has 4 rings (SSSR count). The van der Waals surface area contributed by atoms with Crippen LogP contribution in [0.3, 0.4) is 0 Å². The Morgan fingerprint density at radius 3 is 2.03 bits per heavy atom. The Balaban J connectivity index is 1.53. The number of hydrogen-bond donors (Lipinski definition) is 2. The average Bonchev–Trinajstić information content (AvgIpc) is 2.90. The first kappa shape index (κ1) is 25.4. The van der Waals surface area contributed by atoms with Crippen LogP contribution in [0.4, 0.5) is 0 Å². The van der Waals surface area contributed by atoms with E-state index in [9.17, 15) is 23.1 Å². The number of carbonyl (C=O) groups excluding carboxylic acids is 1. The molecule has 0 aromatic heterocycles. The predicted octanol–water partition coefficient (Wildman–Crippen LogP) is 4.92. The molecule has 0 bridgehead atoms. The minimum atomic E-state index is -3.73. The predicted molar refractivity (Wildman–Crippen MR) is 137 cm³/mol. The molecule has 35 heavy (non-hydrogen) atoms. The molecule has 0 saturated heterocycles. The standard InChI is InChI=1S/C28H35NO5S/c30-26(31)25(20-21-14-16-23(17-15-21)22-10-4-1-5-11-22)29-27(32)28(18-8-3-9-19-28)35(33,34)24-12-6-2-7-13-24/h1,4-5,10-11,14-17,24-25H,2-3,6-9,12-13,18-20H2,(H,29,32)(H,30,31)/t25-/m0/s1. The molecule has 2 aliphatic rings. The van der Waals surface area contributed by atoms with Crippen molar-refractivity contribution in [2.24, 2.45) is 0 Å². The quantitative estimate of drug-likeness (QED) is 0.539. The minimum Gasteiger partial charge on any atom is -0.480 e. The van der Waals surface area contributed by atoms with Gasteiger partial charge in [-0.05, 0) is 42.4 Å². The molecule has 1 amide bonds. The third-order valence-electron chi connectivity index (χ3n) is 7.72. The summed E-state index contributed by atoms with van der Waals surface area (Å²) in [7, 11) is -3.73. The number of hydrogen-bond acceptors (Lipinski definition) is 4. The molecule has 2 aliphatic carbocycles. The second-order valence-electron chi connectivity index (χ2n) is 9.99. The van der Waals surface area contributed by atoms with Gasteiger partial charge in [-0.25, -0.2) is 13.2 Å². The van der Waals surface area contributed by atoms with Crippen molar-refractivity contribution in [3.63, 3.8) is 0 Å². The van der Waals surface area contributed by atoms with E-state index < -0.39 is 37.8 Å². The molecule has 7 heteroatoms. The third-order valence-corrected chi connectivity index (χ3v) is 10.7. The van der Waals surface area contributed by atoms with E-state index in [4.69, 9.17) is 0 Å². The maximum absolute atomic E-state index is 13.8. The fourth-order valence-electron chi connectivity index (χ4n) is 5.65. The van der Waals surface area contributed by atoms with Gasteiger partial charge in [0, 0.05) is 6.42 Å². The van der Waals surface area contributed by atoms with E-state index in [0.29, 0.717) is 25.7 Å². The van der Waals surface area contributed by atoms with E-state index in [1.54, 1.807) is 0 Å². The van der Waals surface area contributed by atoms with E-state index in [2.05, 4.69) is 5.32 Å². The van der Waals surface area contributed by atoms with Crippen molar-refractivity contribution in [1.29, 1.82) is 0 Å². The molecule has 0 spiro atoms. The third kappa shape index (κ3) is 5.45. The highest BCUT2D eigenvalue weighted by Gasteiger charge is 2.54. The first-order chi connectivity index (χ1) is 16.8. The van der Waals surface area contributed by atoms with Gasteiger partial charge < -0.3 is 10.4 Å². The van der Waals surface area contributed by atoms with Crippen LogP contribution in [0, 0.1) is 0 Å². The van der Waals surface area contributed by atoms with Crippen molar-refractivity contribution < 1.29 is 23.1 Å². The fraction of sp³-hybridized carbons (Fsp3) is 0.500. The van der Waals surface area contributed by atoms with Gasteiger partial charge >= 0.3 is 5.97 Å². The van der Waals surface area contributed by atoms with Gasteiger partial charge in [0.25, 0.3) is 0 Å². The van der Waals surface area contributed by atoms with Gasteiger partial charge in [-0.2, -0.15) is 0 Å². The van der Waals surface area contributed by atoms with Crippen molar-refractivity contribution in [3.8, 4) is 11.1 Å². The van der Waals surface area contributed by atoms with Crippen molar-refractivity contribution >= 4 is 21.7 Å². The number of aliphatic carboxylic acids is 1. The molecular weight excluding hydrogens is 462 g/mol. The number of carbonyl (C=O) groups is 2. The van der Waals surface area contributed by atoms with Gasteiger partial charge in [0.2, 0.25) is 5.91 Å². The second kappa shape index (κ2) is 10.9. The van der Waals surface area contributed by atoms with E-state index in [-0.39, 0.29) is 19.3 Å². The number of carboxylic acids is 1. The van der Waals surface area contributed by atoms with Gasteiger partial charge in [0.1, 0.15) is 6.04 Å². The fourth-order valence-corrected chi connectivity index (χ4v) is 8.41. The number of nitrogens with one attached hydrogen (secondary N) is 1. The normalized spacial score (nSPS) is 19.5. The van der Waals surface area contributed by atoms with Crippen LogP contribution in [0.2, 0.25) is 0 Å². The van der Waals surface area contributed by atoms with Crippen molar-refractivity contribution in [1.82, 2.24) is 5.32 Å². The van der Waals surface area contributed by atoms with Crippen LogP contribution in [0.5, 0.6) is 0 Å². The smallest absolute Gasteiger partial charge is 0.326 e. The average molecular weight is 498 g/mol. The monoisotopic (exact) mass is 497 g/mol. The lowest BCUT2D eigenvalue weighted by molar-refractivity contribution is -0.142. The molecule has 2 aromatic carbocycles. The molecule has 2 fully saturated rings. The largest absolute Gasteiger partial charge is 0.480 e. The van der Waals surface area contributed by atoms with Gasteiger partial charge in [-0.3, -0.25) is 4.79 Å². The highest BCUT2D eigenvalue weighted by molar-refractivity contribution is 7.94. The molecule has 2 aromatic rings. The van der Waals surface area contributed by atoms with Crippen LogP contribution in [-0.2, 0) is 25.8 Å². The van der Waals surface area contributed by atoms with E-state index in [1.165, 1.54) is 0 Å². The van der Waals surface area contributed by atoms with Crippen LogP contribution in [-0.4, -0.2) is 41.4 Å². The summed E-state index contributed by atoms with van der Waals surface area (Å²) in [5.41, 5.74) is 2.85. The lowest BCUT2D eigenvalue weighted by atomic mass is 9.87. The highest BCUT2D eigenvalue weighted by atomic mass is 32.2. The van der Waals surface area contributed by atoms with Crippen LogP contribution in [0.25, 0.3) is 11.1 Å². The Morgan fingerprint density at radius 2 is 1.43 bits per heavy atom. The summed E-state index contributed by atoms with van der Waals surface area (Å²) in [4.78, 5) is 25.7. The lowest BCUT2D eigenvalue weighted by Crippen LogP contribution is -2.59. The maximum Gasteiger partial charge on any atom is 0.326 e. The summed E-state index contributed by atoms with van der Waals surface area (Å²) in [5.74, 6) is -1.79. The van der Waals surface area contributed by atoms with E-state index >= 15 is 0 Å². The Labute approximate surface area is 208 Å². The first-order valence-corrected chi connectivity index (χ1v) is 14.3. The molecule has 0 heterocycles. The zero-order chi connectivity index (χ0) is 24.9. The van der Waals surface area contributed by atoms with Gasteiger partial charge in [-0.15, -0.1) is 0 Å². The molecule has 2 saturated carbocycles. The molecule has 1 atom stereocenters. The first-order valence-electron chi connectivity index (χ1n) is 12.7. The Bertz CT molecular complexity index is 1120. The van der Waals surface area contributed by atoms with Crippen LogP contribution >= 0.6 is 0 Å². The van der Waals surface area contributed by atoms with Crippen molar-refractivity contribution in [3.05, 3.63) is 60.2 Å². The Kier molecular flexibility index (Phi) is 7.95. The minimum absolute atomic E-state index is 0.0930. The highest BCUT2D eigenvalue weighted by Crippen LogP contribution is 2.41. The molecule has 2 N–H and O–H groups in total. The number of sulfone groups is 1. The topological polar surface area (TPSA) is 101 Å². The van der Waals surface area contributed by atoms with Gasteiger partial charge in [0.05, 0.1) is 5.25 Å². The Hall–Kier alpha value is -2.67. The SMILES string of the molecule is O=C(O)[C@H](Cc1ccc(-c2ccccc2)cc1)NC(=O)C1(S(=O)(=O)C2CCCCC2)CCCCC1. The zero-order valence-electron chi connectivity index (χ0n) is 20.1. The van der Waals surface area contributed by atoms with Crippen molar-refractivity contribution in [2.45, 2.75) is 86.7 Å². The number of carboxylic acid groups (broad SMARTS) is 1. The molecular formula is C28H35NO5S. The van der Waals surface area contributed by atoms with Crippen LogP contribution < -0.4 is 5.32 Å². The number of amides is 1. The van der Waals surface area contributed by atoms with Gasteiger partial charge in [0.15, 0.2) is 14.6 Å².